The quantitative estimate of drug-likeness (QED) is 0.754. The molecule has 0 aliphatic carbocycles. The first-order valence-electron chi connectivity index (χ1n) is 9.10. The number of nitrogens with zero attached hydrogens (tertiary/aromatic N) is 1. The summed E-state index contributed by atoms with van der Waals surface area (Å²) >= 11 is 3.44. The van der Waals surface area contributed by atoms with Crippen LogP contribution in [0.1, 0.15) is 23.2 Å². The van der Waals surface area contributed by atoms with Gasteiger partial charge < -0.3 is 19.7 Å². The topological polar surface area (TPSA) is 67.9 Å². The van der Waals surface area contributed by atoms with Crippen LogP contribution in [0.25, 0.3) is 0 Å². The largest absolute Gasteiger partial charge is 0.496 e. The Kier molecular flexibility index (Phi) is 6.57. The van der Waals surface area contributed by atoms with Crippen molar-refractivity contribution in [3.63, 3.8) is 0 Å². The lowest BCUT2D eigenvalue weighted by Crippen LogP contribution is -2.41. The number of ether oxygens (including phenoxy) is 2. The van der Waals surface area contributed by atoms with Gasteiger partial charge >= 0.3 is 0 Å². The van der Waals surface area contributed by atoms with Crippen molar-refractivity contribution < 1.29 is 19.1 Å². The van der Waals surface area contributed by atoms with Crippen molar-refractivity contribution in [3.8, 4) is 11.5 Å². The number of methoxy groups -OCH3 is 2. The molecule has 28 heavy (non-hydrogen) atoms. The van der Waals surface area contributed by atoms with Crippen LogP contribution >= 0.6 is 15.9 Å². The van der Waals surface area contributed by atoms with E-state index >= 15 is 0 Å². The Morgan fingerprint density at radius 2 is 1.61 bits per heavy atom. The maximum atomic E-state index is 13.0. The van der Waals surface area contributed by atoms with Gasteiger partial charge in [0.15, 0.2) is 0 Å². The van der Waals surface area contributed by atoms with E-state index in [1.165, 1.54) is 14.2 Å². The summed E-state index contributed by atoms with van der Waals surface area (Å²) in [5.74, 6) is 0.680. The number of rotatable bonds is 5. The maximum Gasteiger partial charge on any atom is 0.261 e. The number of carbonyl (C=O) groups is 2. The van der Waals surface area contributed by atoms with Crippen molar-refractivity contribution in [3.05, 3.63) is 52.5 Å². The molecule has 3 rings (SSSR count). The highest BCUT2D eigenvalue weighted by Crippen LogP contribution is 2.31. The summed E-state index contributed by atoms with van der Waals surface area (Å²) in [5.41, 5.74) is 1.17. The number of hydrogen-bond donors (Lipinski definition) is 1. The minimum atomic E-state index is -0.140. The molecule has 1 saturated heterocycles. The standard InChI is InChI=1S/C21H23BrN2O4/c1-27-17-8-5-9-18(28-2)19(17)21(26)24-12-10-14(11-13-24)20(25)23-16-7-4-3-6-15(16)22/h3-9,14H,10-13H2,1-2H3,(H,23,25). The number of halogens is 1. The zero-order valence-corrected chi connectivity index (χ0v) is 17.5. The highest BCUT2D eigenvalue weighted by Gasteiger charge is 2.30. The summed E-state index contributed by atoms with van der Waals surface area (Å²) in [6.45, 7) is 1.02. The molecule has 0 unspecified atom stereocenters. The summed E-state index contributed by atoms with van der Waals surface area (Å²) in [7, 11) is 3.06. The van der Waals surface area contributed by atoms with Gasteiger partial charge in [0.05, 0.1) is 19.9 Å². The lowest BCUT2D eigenvalue weighted by atomic mass is 9.95. The zero-order valence-electron chi connectivity index (χ0n) is 15.9. The van der Waals surface area contributed by atoms with Crippen molar-refractivity contribution >= 4 is 33.4 Å². The third-order valence-corrected chi connectivity index (χ3v) is 5.62. The summed E-state index contributed by atoms with van der Waals surface area (Å²) in [6.07, 6.45) is 1.22. The fourth-order valence-electron chi connectivity index (χ4n) is 3.36. The number of hydrogen-bond acceptors (Lipinski definition) is 4. The van der Waals surface area contributed by atoms with Gasteiger partial charge in [-0.3, -0.25) is 9.59 Å². The lowest BCUT2D eigenvalue weighted by Gasteiger charge is -2.32. The molecular weight excluding hydrogens is 424 g/mol. The van der Waals surface area contributed by atoms with Gasteiger partial charge in [0, 0.05) is 23.5 Å². The average Bonchev–Trinajstić information content (AvgIpc) is 2.74. The SMILES string of the molecule is COc1cccc(OC)c1C(=O)N1CCC(C(=O)Nc2ccccc2Br)CC1. The van der Waals surface area contributed by atoms with Crippen LogP contribution in [0, 0.1) is 5.92 Å². The van der Waals surface area contributed by atoms with Gasteiger partial charge in [-0.2, -0.15) is 0 Å². The first-order chi connectivity index (χ1) is 13.5. The monoisotopic (exact) mass is 446 g/mol. The number of likely N-dealkylation sites (tertiary alicyclic amines) is 1. The Bertz CT molecular complexity index is 841. The number of para-hydroxylation sites is 1. The first-order valence-corrected chi connectivity index (χ1v) is 9.90. The molecule has 0 radical (unpaired) electrons. The number of benzene rings is 2. The molecular formula is C21H23BrN2O4. The van der Waals surface area contributed by atoms with Crippen LogP contribution in [0.2, 0.25) is 0 Å². The molecule has 2 aromatic rings. The van der Waals surface area contributed by atoms with E-state index < -0.39 is 0 Å². The Morgan fingerprint density at radius 3 is 2.18 bits per heavy atom. The van der Waals surface area contributed by atoms with Crippen LogP contribution in [0.15, 0.2) is 46.9 Å². The van der Waals surface area contributed by atoms with E-state index in [0.717, 1.165) is 10.2 Å². The van der Waals surface area contributed by atoms with Crippen molar-refractivity contribution in [2.24, 2.45) is 5.92 Å². The van der Waals surface area contributed by atoms with Crippen molar-refractivity contribution in [1.29, 1.82) is 0 Å². The van der Waals surface area contributed by atoms with Crippen molar-refractivity contribution in [2.45, 2.75) is 12.8 Å². The zero-order chi connectivity index (χ0) is 20.1. The molecule has 1 aliphatic rings. The fourth-order valence-corrected chi connectivity index (χ4v) is 3.75. The van der Waals surface area contributed by atoms with Gasteiger partial charge in [0.2, 0.25) is 5.91 Å². The lowest BCUT2D eigenvalue weighted by molar-refractivity contribution is -0.121. The summed E-state index contributed by atoms with van der Waals surface area (Å²) < 4.78 is 11.5. The third kappa shape index (κ3) is 4.30. The molecule has 1 N–H and O–H groups in total. The van der Waals surface area contributed by atoms with Crippen LogP contribution < -0.4 is 14.8 Å². The number of amides is 2. The normalized spacial score (nSPS) is 14.5. The van der Waals surface area contributed by atoms with Crippen LogP contribution in [-0.2, 0) is 4.79 Å². The van der Waals surface area contributed by atoms with Gasteiger partial charge in [-0.1, -0.05) is 18.2 Å². The Hall–Kier alpha value is -2.54. The molecule has 7 heteroatoms. The molecule has 6 nitrogen and oxygen atoms in total. The second kappa shape index (κ2) is 9.10. The summed E-state index contributed by atoms with van der Waals surface area (Å²) in [5, 5.41) is 2.96. The number of carbonyl (C=O) groups excluding carboxylic acids is 2. The number of nitrogens with one attached hydrogen (secondary N) is 1. The summed E-state index contributed by atoms with van der Waals surface area (Å²) in [6, 6.07) is 12.8. The van der Waals surface area contributed by atoms with E-state index in [2.05, 4.69) is 21.2 Å². The second-order valence-corrected chi connectivity index (χ2v) is 7.43. The van der Waals surface area contributed by atoms with E-state index in [-0.39, 0.29) is 17.7 Å². The molecule has 1 aliphatic heterocycles. The molecule has 0 bridgehead atoms. The molecule has 0 saturated carbocycles. The highest BCUT2D eigenvalue weighted by atomic mass is 79.9. The molecule has 2 amide bonds. The van der Waals surface area contributed by atoms with Gasteiger partial charge in [-0.05, 0) is 53.0 Å². The molecule has 0 aromatic heterocycles. The van der Waals surface area contributed by atoms with E-state index in [1.54, 1.807) is 23.1 Å². The third-order valence-electron chi connectivity index (χ3n) is 4.93. The fraction of sp³-hybridized carbons (Fsp3) is 0.333. The molecule has 1 heterocycles. The Morgan fingerprint density at radius 1 is 1.00 bits per heavy atom. The minimum absolute atomic E-state index is 0.0196. The highest BCUT2D eigenvalue weighted by molar-refractivity contribution is 9.10. The van der Waals surface area contributed by atoms with Crippen LogP contribution in [0.3, 0.4) is 0 Å². The van der Waals surface area contributed by atoms with Crippen molar-refractivity contribution in [1.82, 2.24) is 4.90 Å². The maximum absolute atomic E-state index is 13.0. The molecule has 0 atom stereocenters. The van der Waals surface area contributed by atoms with E-state index in [4.69, 9.17) is 9.47 Å². The minimum Gasteiger partial charge on any atom is -0.496 e. The van der Waals surface area contributed by atoms with Crippen LogP contribution in [0.5, 0.6) is 11.5 Å². The van der Waals surface area contributed by atoms with Gasteiger partial charge in [0.1, 0.15) is 17.1 Å². The first kappa shape index (κ1) is 20.2. The van der Waals surface area contributed by atoms with E-state index in [1.807, 2.05) is 24.3 Å². The summed E-state index contributed by atoms with van der Waals surface area (Å²) in [4.78, 5) is 27.4. The Balaban J connectivity index is 1.65. The predicted molar refractivity (Wildman–Crippen MR) is 111 cm³/mol. The molecule has 2 aromatic carbocycles. The van der Waals surface area contributed by atoms with E-state index in [0.29, 0.717) is 43.0 Å². The smallest absolute Gasteiger partial charge is 0.261 e. The molecule has 148 valence electrons. The average molecular weight is 447 g/mol. The molecule has 0 spiro atoms. The number of piperidine rings is 1. The van der Waals surface area contributed by atoms with Crippen molar-refractivity contribution in [2.75, 3.05) is 32.6 Å². The molecule has 1 fully saturated rings. The predicted octanol–water partition coefficient (Wildman–Crippen LogP) is 3.96. The number of anilines is 1. The van der Waals surface area contributed by atoms with Gasteiger partial charge in [0.25, 0.3) is 5.91 Å². The van der Waals surface area contributed by atoms with Crippen LogP contribution in [-0.4, -0.2) is 44.0 Å². The van der Waals surface area contributed by atoms with E-state index in [9.17, 15) is 9.59 Å². The second-order valence-electron chi connectivity index (χ2n) is 6.57. The van der Waals surface area contributed by atoms with Gasteiger partial charge in [-0.25, -0.2) is 0 Å². The Labute approximate surface area is 172 Å². The van der Waals surface area contributed by atoms with Crippen LogP contribution in [0.4, 0.5) is 5.69 Å². The van der Waals surface area contributed by atoms with Gasteiger partial charge in [-0.15, -0.1) is 0 Å².